The number of hydrazine groups is 1. The smallest absolute Gasteiger partial charge is 0.242 e. The van der Waals surface area contributed by atoms with E-state index in [2.05, 4.69) is 15.1 Å². The van der Waals surface area contributed by atoms with E-state index >= 15 is 0 Å². The third kappa shape index (κ3) is 4.39. The Kier molecular flexibility index (Phi) is 4.21. The summed E-state index contributed by atoms with van der Waals surface area (Å²) in [6.45, 7) is 5.74. The zero-order chi connectivity index (χ0) is 13.1. The lowest BCUT2D eigenvalue weighted by atomic mass is 10.1. The van der Waals surface area contributed by atoms with Gasteiger partial charge in [0.15, 0.2) is 0 Å². The van der Waals surface area contributed by atoms with Gasteiger partial charge in [0.1, 0.15) is 4.90 Å². The van der Waals surface area contributed by atoms with Crippen molar-refractivity contribution in [3.05, 3.63) is 24.0 Å². The maximum absolute atomic E-state index is 11.9. The number of hydrogen-bond donors (Lipinski definition) is 3. The van der Waals surface area contributed by atoms with Gasteiger partial charge in [-0.1, -0.05) is 0 Å². The van der Waals surface area contributed by atoms with Gasteiger partial charge in [0.25, 0.3) is 0 Å². The Hall–Kier alpha value is -1.02. The van der Waals surface area contributed by atoms with E-state index in [9.17, 15) is 8.42 Å². The highest BCUT2D eigenvalue weighted by Gasteiger charge is 2.21. The van der Waals surface area contributed by atoms with Crippen LogP contribution in [-0.4, -0.2) is 18.9 Å². The van der Waals surface area contributed by atoms with E-state index in [-0.39, 0.29) is 4.90 Å². The third-order valence-corrected chi connectivity index (χ3v) is 3.57. The van der Waals surface area contributed by atoms with Crippen molar-refractivity contribution < 1.29 is 8.42 Å². The summed E-state index contributed by atoms with van der Waals surface area (Å²) in [5.41, 5.74) is 2.62. The first-order valence-corrected chi connectivity index (χ1v) is 6.65. The summed E-state index contributed by atoms with van der Waals surface area (Å²) >= 11 is 0. The van der Waals surface area contributed by atoms with Crippen LogP contribution in [0.4, 0.5) is 0 Å². The average Bonchev–Trinajstić information content (AvgIpc) is 2.15. The summed E-state index contributed by atoms with van der Waals surface area (Å²) in [7, 11) is -3.51. The van der Waals surface area contributed by atoms with Crippen LogP contribution in [0, 0.1) is 0 Å². The molecule has 0 spiro atoms. The Balaban J connectivity index is 2.93. The Morgan fingerprint density at radius 3 is 2.41 bits per heavy atom. The molecule has 0 atom stereocenters. The van der Waals surface area contributed by atoms with Crippen molar-refractivity contribution >= 4 is 10.0 Å². The first-order valence-electron chi connectivity index (χ1n) is 5.17. The van der Waals surface area contributed by atoms with Crippen molar-refractivity contribution in [1.82, 2.24) is 15.1 Å². The minimum absolute atomic E-state index is 0.146. The SMILES string of the molecule is CC(C)(C)NS(=O)(=O)c1ccc(CNN)nc1. The van der Waals surface area contributed by atoms with Gasteiger partial charge in [-0.15, -0.1) is 0 Å². The lowest BCUT2D eigenvalue weighted by Gasteiger charge is -2.20. The maximum Gasteiger partial charge on any atom is 0.242 e. The molecular weight excluding hydrogens is 240 g/mol. The third-order valence-electron chi connectivity index (χ3n) is 1.83. The maximum atomic E-state index is 11.9. The Morgan fingerprint density at radius 2 is 2.00 bits per heavy atom. The predicted octanol–water partition coefficient (Wildman–Crippen LogP) is 0.122. The number of hydrogen-bond acceptors (Lipinski definition) is 5. The molecule has 0 radical (unpaired) electrons. The van der Waals surface area contributed by atoms with E-state index in [0.29, 0.717) is 12.2 Å². The molecule has 0 fully saturated rings. The number of nitrogens with one attached hydrogen (secondary N) is 2. The number of nitrogens with zero attached hydrogens (tertiary/aromatic N) is 1. The molecule has 1 heterocycles. The molecule has 96 valence electrons. The van der Waals surface area contributed by atoms with Crippen LogP contribution in [-0.2, 0) is 16.6 Å². The van der Waals surface area contributed by atoms with Gasteiger partial charge in [-0.25, -0.2) is 13.1 Å². The number of nitrogens with two attached hydrogens (primary N) is 1. The lowest BCUT2D eigenvalue weighted by Crippen LogP contribution is -2.40. The number of pyridine rings is 1. The van der Waals surface area contributed by atoms with Crippen molar-refractivity contribution in [2.75, 3.05) is 0 Å². The molecular formula is C10H18N4O2S. The molecule has 0 saturated heterocycles. The second kappa shape index (κ2) is 5.09. The van der Waals surface area contributed by atoms with Crippen molar-refractivity contribution in [3.63, 3.8) is 0 Å². The van der Waals surface area contributed by atoms with Gasteiger partial charge in [0.2, 0.25) is 10.0 Å². The van der Waals surface area contributed by atoms with Crippen LogP contribution in [0.3, 0.4) is 0 Å². The van der Waals surface area contributed by atoms with E-state index in [4.69, 9.17) is 5.84 Å². The van der Waals surface area contributed by atoms with Crippen LogP contribution in [0.1, 0.15) is 26.5 Å². The minimum Gasteiger partial charge on any atom is -0.271 e. The molecule has 0 aliphatic carbocycles. The van der Waals surface area contributed by atoms with Crippen LogP contribution in [0.25, 0.3) is 0 Å². The molecule has 6 nitrogen and oxygen atoms in total. The first kappa shape index (κ1) is 14.0. The predicted molar refractivity (Wildman–Crippen MR) is 65.3 cm³/mol. The Bertz CT molecular complexity index is 462. The lowest BCUT2D eigenvalue weighted by molar-refractivity contribution is 0.491. The van der Waals surface area contributed by atoms with Crippen LogP contribution in [0.2, 0.25) is 0 Å². The zero-order valence-electron chi connectivity index (χ0n) is 10.2. The summed E-state index contributed by atoms with van der Waals surface area (Å²) in [6, 6.07) is 3.13. The molecule has 0 amide bonds. The highest BCUT2D eigenvalue weighted by molar-refractivity contribution is 7.89. The van der Waals surface area contributed by atoms with Crippen LogP contribution in [0.5, 0.6) is 0 Å². The van der Waals surface area contributed by atoms with Crippen molar-refractivity contribution in [2.24, 2.45) is 5.84 Å². The average molecular weight is 258 g/mol. The fraction of sp³-hybridized carbons (Fsp3) is 0.500. The number of aromatic nitrogens is 1. The van der Waals surface area contributed by atoms with Crippen LogP contribution < -0.4 is 16.0 Å². The van der Waals surface area contributed by atoms with Gasteiger partial charge in [-0.2, -0.15) is 0 Å². The molecule has 0 saturated carbocycles. The molecule has 7 heteroatoms. The van der Waals surface area contributed by atoms with Crippen molar-refractivity contribution in [1.29, 1.82) is 0 Å². The van der Waals surface area contributed by atoms with Crippen LogP contribution >= 0.6 is 0 Å². The van der Waals surface area contributed by atoms with Gasteiger partial charge < -0.3 is 0 Å². The quantitative estimate of drug-likeness (QED) is 0.526. The standard InChI is InChI=1S/C10H18N4O2S/c1-10(2,3)14-17(15,16)9-5-4-8(6-13-11)12-7-9/h4-5,7,13-14H,6,11H2,1-3H3. The van der Waals surface area contributed by atoms with Gasteiger partial charge in [-0.05, 0) is 32.9 Å². The van der Waals surface area contributed by atoms with E-state index < -0.39 is 15.6 Å². The van der Waals surface area contributed by atoms with Gasteiger partial charge in [0.05, 0.1) is 12.2 Å². The number of rotatable bonds is 4. The largest absolute Gasteiger partial charge is 0.271 e. The topological polar surface area (TPSA) is 97.1 Å². The van der Waals surface area contributed by atoms with Crippen molar-refractivity contribution in [2.45, 2.75) is 37.8 Å². The molecule has 1 rings (SSSR count). The monoisotopic (exact) mass is 258 g/mol. The second-order valence-electron chi connectivity index (χ2n) is 4.72. The molecule has 0 aliphatic heterocycles. The van der Waals surface area contributed by atoms with E-state index in [0.717, 1.165) is 0 Å². The number of sulfonamides is 1. The molecule has 0 unspecified atom stereocenters. The van der Waals surface area contributed by atoms with E-state index in [1.165, 1.54) is 12.3 Å². The normalized spacial score (nSPS) is 12.7. The zero-order valence-corrected chi connectivity index (χ0v) is 11.0. The first-order chi connectivity index (χ1) is 7.74. The molecule has 0 bridgehead atoms. The molecule has 17 heavy (non-hydrogen) atoms. The van der Waals surface area contributed by atoms with E-state index in [1.807, 2.05) is 0 Å². The summed E-state index contributed by atoms with van der Waals surface area (Å²) in [5.74, 6) is 5.15. The fourth-order valence-corrected chi connectivity index (χ4v) is 2.60. The van der Waals surface area contributed by atoms with Gasteiger partial charge >= 0.3 is 0 Å². The highest BCUT2D eigenvalue weighted by Crippen LogP contribution is 2.11. The Labute approximate surface area is 102 Å². The Morgan fingerprint density at radius 1 is 1.35 bits per heavy atom. The molecule has 4 N–H and O–H groups in total. The second-order valence-corrected chi connectivity index (χ2v) is 6.40. The molecule has 1 aromatic rings. The fourth-order valence-electron chi connectivity index (χ4n) is 1.24. The molecule has 0 aromatic carbocycles. The van der Waals surface area contributed by atoms with E-state index in [1.54, 1.807) is 26.8 Å². The van der Waals surface area contributed by atoms with Gasteiger partial charge in [0, 0.05) is 11.7 Å². The van der Waals surface area contributed by atoms with Crippen LogP contribution in [0.15, 0.2) is 23.2 Å². The minimum atomic E-state index is -3.51. The van der Waals surface area contributed by atoms with Crippen molar-refractivity contribution in [3.8, 4) is 0 Å². The summed E-state index contributed by atoms with van der Waals surface area (Å²) in [5, 5.41) is 0. The summed E-state index contributed by atoms with van der Waals surface area (Å²) in [6.07, 6.45) is 1.32. The molecule has 0 aliphatic rings. The highest BCUT2D eigenvalue weighted by atomic mass is 32.2. The van der Waals surface area contributed by atoms with Gasteiger partial charge in [-0.3, -0.25) is 16.3 Å². The summed E-state index contributed by atoms with van der Waals surface area (Å²) < 4.78 is 26.4. The summed E-state index contributed by atoms with van der Waals surface area (Å²) in [4.78, 5) is 4.15. The molecule has 1 aromatic heterocycles.